The summed E-state index contributed by atoms with van der Waals surface area (Å²) in [5.74, 6) is 0.842. The van der Waals surface area contributed by atoms with Crippen molar-refractivity contribution in [2.24, 2.45) is 0 Å². The van der Waals surface area contributed by atoms with E-state index in [1.54, 1.807) is 0 Å². The van der Waals surface area contributed by atoms with Gasteiger partial charge in [0.2, 0.25) is 0 Å². The largest absolute Gasteiger partial charge is 0.481 e. The number of benzene rings is 2. The quantitative estimate of drug-likeness (QED) is 0.716. The molecule has 3 rings (SSSR count). The van der Waals surface area contributed by atoms with Gasteiger partial charge in [0.15, 0.2) is 0 Å². The Morgan fingerprint density at radius 1 is 1.00 bits per heavy atom. The minimum absolute atomic E-state index is 0.0258. The van der Waals surface area contributed by atoms with E-state index in [2.05, 4.69) is 24.3 Å². The predicted octanol–water partition coefficient (Wildman–Crippen LogP) is 4.49. The highest BCUT2D eigenvalue weighted by atomic mass is 35.5. The normalized spacial score (nSPS) is 17.4. The van der Waals surface area contributed by atoms with Crippen LogP contribution in [0.2, 0.25) is 5.02 Å². The number of rotatable bonds is 1. The molecule has 0 fully saturated rings. The fourth-order valence-corrected chi connectivity index (χ4v) is 2.10. The number of hydrogen-bond acceptors (Lipinski definition) is 1. The zero-order valence-corrected chi connectivity index (χ0v) is 9.89. The average Bonchev–Trinajstić information content (AvgIpc) is 2.39. The molecule has 0 N–H and O–H groups in total. The van der Waals surface area contributed by atoms with Gasteiger partial charge in [-0.1, -0.05) is 48.0 Å². The van der Waals surface area contributed by atoms with Gasteiger partial charge in [-0.2, -0.15) is 0 Å². The SMILES string of the molecule is Clc1ccc2c(c1)OC(c1ccccc1)C=C2. The first-order valence-electron chi connectivity index (χ1n) is 5.52. The van der Waals surface area contributed by atoms with Gasteiger partial charge in [-0.25, -0.2) is 0 Å². The molecule has 0 radical (unpaired) electrons. The van der Waals surface area contributed by atoms with Gasteiger partial charge in [0.25, 0.3) is 0 Å². The molecule has 1 heterocycles. The predicted molar refractivity (Wildman–Crippen MR) is 70.3 cm³/mol. The lowest BCUT2D eigenvalue weighted by molar-refractivity contribution is 0.252. The highest BCUT2D eigenvalue weighted by Gasteiger charge is 2.16. The van der Waals surface area contributed by atoms with Crippen LogP contribution in [0, 0.1) is 0 Å². The van der Waals surface area contributed by atoms with E-state index in [0.717, 1.165) is 16.9 Å². The molecule has 1 aliphatic heterocycles. The summed E-state index contributed by atoms with van der Waals surface area (Å²) in [6, 6.07) is 15.8. The van der Waals surface area contributed by atoms with Gasteiger partial charge >= 0.3 is 0 Å². The highest BCUT2D eigenvalue weighted by Crippen LogP contribution is 2.34. The van der Waals surface area contributed by atoms with Crippen LogP contribution >= 0.6 is 11.6 Å². The molecule has 0 saturated heterocycles. The van der Waals surface area contributed by atoms with Crippen LogP contribution in [0.3, 0.4) is 0 Å². The van der Waals surface area contributed by atoms with Crippen molar-refractivity contribution in [2.45, 2.75) is 6.10 Å². The monoisotopic (exact) mass is 242 g/mol. The fourth-order valence-electron chi connectivity index (χ4n) is 1.94. The second-order valence-electron chi connectivity index (χ2n) is 3.99. The molecule has 84 valence electrons. The molecule has 1 nitrogen and oxygen atoms in total. The van der Waals surface area contributed by atoms with Gasteiger partial charge < -0.3 is 4.74 Å². The smallest absolute Gasteiger partial charge is 0.142 e. The Morgan fingerprint density at radius 3 is 2.65 bits per heavy atom. The standard InChI is InChI=1S/C15H11ClO/c16-13-8-6-12-7-9-14(17-15(12)10-13)11-4-2-1-3-5-11/h1-10,14H. The molecule has 17 heavy (non-hydrogen) atoms. The summed E-state index contributed by atoms with van der Waals surface area (Å²) in [6.45, 7) is 0. The lowest BCUT2D eigenvalue weighted by Gasteiger charge is -2.21. The van der Waals surface area contributed by atoms with E-state index in [0.29, 0.717) is 5.02 Å². The van der Waals surface area contributed by atoms with Gasteiger partial charge in [0, 0.05) is 10.6 Å². The Hall–Kier alpha value is -1.73. The number of hydrogen-bond donors (Lipinski definition) is 0. The molecule has 1 aliphatic rings. The average molecular weight is 243 g/mol. The van der Waals surface area contributed by atoms with Crippen LogP contribution in [0.25, 0.3) is 6.08 Å². The summed E-state index contributed by atoms with van der Waals surface area (Å²) in [4.78, 5) is 0. The lowest BCUT2D eigenvalue weighted by Crippen LogP contribution is -2.08. The maximum absolute atomic E-state index is 5.97. The van der Waals surface area contributed by atoms with E-state index < -0.39 is 0 Å². The van der Waals surface area contributed by atoms with Gasteiger partial charge in [-0.05, 0) is 29.8 Å². The summed E-state index contributed by atoms with van der Waals surface area (Å²) in [5.41, 5.74) is 2.22. The summed E-state index contributed by atoms with van der Waals surface area (Å²) in [5, 5.41) is 0.700. The van der Waals surface area contributed by atoms with Gasteiger partial charge in [0.1, 0.15) is 11.9 Å². The third kappa shape index (κ3) is 2.06. The van der Waals surface area contributed by atoms with Crippen LogP contribution in [-0.4, -0.2) is 0 Å². The van der Waals surface area contributed by atoms with Crippen molar-refractivity contribution >= 4 is 17.7 Å². The zero-order valence-electron chi connectivity index (χ0n) is 9.14. The van der Waals surface area contributed by atoms with Crippen LogP contribution in [0.5, 0.6) is 5.75 Å². The van der Waals surface area contributed by atoms with Gasteiger partial charge in [-0.15, -0.1) is 0 Å². The molecule has 1 unspecified atom stereocenters. The van der Waals surface area contributed by atoms with Gasteiger partial charge in [0.05, 0.1) is 0 Å². The molecule has 2 heteroatoms. The molecule has 2 aromatic carbocycles. The minimum atomic E-state index is -0.0258. The zero-order chi connectivity index (χ0) is 11.7. The Kier molecular flexibility index (Phi) is 2.62. The topological polar surface area (TPSA) is 9.23 Å². The number of fused-ring (bicyclic) bond motifs is 1. The van der Waals surface area contributed by atoms with E-state index >= 15 is 0 Å². The molecule has 0 aliphatic carbocycles. The van der Waals surface area contributed by atoms with E-state index in [4.69, 9.17) is 16.3 Å². The first-order valence-corrected chi connectivity index (χ1v) is 5.90. The Morgan fingerprint density at radius 2 is 1.82 bits per heavy atom. The molecule has 0 aromatic heterocycles. The molecule has 0 saturated carbocycles. The van der Waals surface area contributed by atoms with Crippen LogP contribution in [0.15, 0.2) is 54.6 Å². The van der Waals surface area contributed by atoms with E-state index in [9.17, 15) is 0 Å². The van der Waals surface area contributed by atoms with Crippen molar-refractivity contribution < 1.29 is 4.74 Å². The third-order valence-corrected chi connectivity index (χ3v) is 3.04. The summed E-state index contributed by atoms with van der Waals surface area (Å²) in [7, 11) is 0. The summed E-state index contributed by atoms with van der Waals surface area (Å²) >= 11 is 5.97. The summed E-state index contributed by atoms with van der Waals surface area (Å²) < 4.78 is 5.93. The molecule has 0 amide bonds. The Labute approximate surface area is 105 Å². The maximum atomic E-state index is 5.97. The van der Waals surface area contributed by atoms with Crippen molar-refractivity contribution in [1.29, 1.82) is 0 Å². The maximum Gasteiger partial charge on any atom is 0.142 e. The fraction of sp³-hybridized carbons (Fsp3) is 0.0667. The lowest BCUT2D eigenvalue weighted by atomic mass is 10.0. The van der Waals surface area contributed by atoms with Crippen molar-refractivity contribution in [2.75, 3.05) is 0 Å². The molecule has 0 bridgehead atoms. The van der Waals surface area contributed by atoms with E-state index in [-0.39, 0.29) is 6.10 Å². The van der Waals surface area contributed by atoms with Crippen molar-refractivity contribution in [3.63, 3.8) is 0 Å². The van der Waals surface area contributed by atoms with Crippen molar-refractivity contribution in [1.82, 2.24) is 0 Å². The molecular formula is C15H11ClO. The Balaban J connectivity index is 1.95. The number of halogens is 1. The highest BCUT2D eigenvalue weighted by molar-refractivity contribution is 6.30. The second-order valence-corrected chi connectivity index (χ2v) is 4.43. The minimum Gasteiger partial charge on any atom is -0.481 e. The molecule has 2 aromatic rings. The van der Waals surface area contributed by atoms with Crippen LogP contribution in [0.1, 0.15) is 17.2 Å². The molecule has 1 atom stereocenters. The Bertz CT molecular complexity index is 560. The third-order valence-electron chi connectivity index (χ3n) is 2.81. The van der Waals surface area contributed by atoms with Crippen molar-refractivity contribution in [3.8, 4) is 5.75 Å². The molecular weight excluding hydrogens is 232 g/mol. The van der Waals surface area contributed by atoms with Crippen molar-refractivity contribution in [3.05, 3.63) is 70.8 Å². The first-order chi connectivity index (χ1) is 8.33. The van der Waals surface area contributed by atoms with E-state index in [1.165, 1.54) is 0 Å². The number of ether oxygens (including phenoxy) is 1. The summed E-state index contributed by atoms with van der Waals surface area (Å²) in [6.07, 6.45) is 4.11. The molecule has 0 spiro atoms. The van der Waals surface area contributed by atoms with E-state index in [1.807, 2.05) is 36.4 Å². The first kappa shape index (κ1) is 10.4. The van der Waals surface area contributed by atoms with Gasteiger partial charge in [-0.3, -0.25) is 0 Å². The van der Waals surface area contributed by atoms with Crippen LogP contribution < -0.4 is 4.74 Å². The van der Waals surface area contributed by atoms with Crippen LogP contribution in [0.4, 0.5) is 0 Å². The van der Waals surface area contributed by atoms with Crippen LogP contribution in [-0.2, 0) is 0 Å². The second kappa shape index (κ2) is 4.27.